The van der Waals surface area contributed by atoms with Crippen molar-refractivity contribution in [2.45, 2.75) is 30.7 Å². The summed E-state index contributed by atoms with van der Waals surface area (Å²) in [4.78, 5) is 1.68. The number of sulfonamides is 1. The number of hydrogen-bond acceptors (Lipinski definition) is 4. The summed E-state index contributed by atoms with van der Waals surface area (Å²) in [5.41, 5.74) is 6.18. The first-order chi connectivity index (χ1) is 9.73. The van der Waals surface area contributed by atoms with Crippen molar-refractivity contribution in [2.24, 2.45) is 0 Å². The number of benzene rings is 1. The molecule has 0 aromatic heterocycles. The van der Waals surface area contributed by atoms with Crippen LogP contribution in [0.1, 0.15) is 18.4 Å². The van der Waals surface area contributed by atoms with Crippen LogP contribution in [0.4, 0.5) is 10.1 Å². The molecule has 0 bridgehead atoms. The molecule has 0 saturated carbocycles. The number of likely N-dealkylation sites (N-methyl/N-ethyl adjacent to an activating group) is 1. The maximum Gasteiger partial charge on any atom is 0.246 e. The van der Waals surface area contributed by atoms with Gasteiger partial charge >= 0.3 is 0 Å². The van der Waals surface area contributed by atoms with Crippen LogP contribution in [0.25, 0.3) is 0 Å². The highest BCUT2D eigenvalue weighted by Crippen LogP contribution is 2.27. The number of nitrogen functional groups attached to an aromatic ring is 1. The average Bonchev–Trinajstić information content (AvgIpc) is 2.42. The minimum Gasteiger partial charge on any atom is -0.399 e. The third kappa shape index (κ3) is 3.20. The second kappa shape index (κ2) is 5.90. The van der Waals surface area contributed by atoms with Crippen LogP contribution in [-0.4, -0.2) is 50.8 Å². The molecule has 1 aliphatic heterocycles. The zero-order chi connectivity index (χ0) is 15.8. The van der Waals surface area contributed by atoms with Crippen molar-refractivity contribution < 1.29 is 12.8 Å². The highest BCUT2D eigenvalue weighted by Gasteiger charge is 2.33. The van der Waals surface area contributed by atoms with Gasteiger partial charge in [0.2, 0.25) is 10.0 Å². The van der Waals surface area contributed by atoms with Crippen LogP contribution in [0.15, 0.2) is 17.0 Å². The Balaban J connectivity index is 2.38. The smallest absolute Gasteiger partial charge is 0.246 e. The third-order valence-corrected chi connectivity index (χ3v) is 5.82. The lowest BCUT2D eigenvalue weighted by Gasteiger charge is -2.35. The van der Waals surface area contributed by atoms with Crippen LogP contribution in [-0.2, 0) is 10.0 Å². The molecule has 0 aliphatic carbocycles. The summed E-state index contributed by atoms with van der Waals surface area (Å²) in [5, 5.41) is 0. The van der Waals surface area contributed by atoms with Crippen molar-refractivity contribution in [3.8, 4) is 0 Å². The van der Waals surface area contributed by atoms with Crippen molar-refractivity contribution in [2.75, 3.05) is 32.9 Å². The number of rotatable bonds is 3. The Morgan fingerprint density at radius 2 is 2.05 bits per heavy atom. The summed E-state index contributed by atoms with van der Waals surface area (Å²) in [7, 11) is -0.00719. The summed E-state index contributed by atoms with van der Waals surface area (Å²) in [6.45, 7) is 2.31. The second-order valence-corrected chi connectivity index (χ2v) is 7.68. The molecule has 2 rings (SSSR count). The number of aryl methyl sites for hydroxylation is 1. The molecule has 0 radical (unpaired) electrons. The lowest BCUT2D eigenvalue weighted by molar-refractivity contribution is 0.190. The zero-order valence-corrected chi connectivity index (χ0v) is 13.5. The Kier molecular flexibility index (Phi) is 4.55. The lowest BCUT2D eigenvalue weighted by atomic mass is 10.1. The molecule has 7 heteroatoms. The molecular weight excluding hydrogens is 293 g/mol. The summed E-state index contributed by atoms with van der Waals surface area (Å²) in [6.07, 6.45) is 1.71. The van der Waals surface area contributed by atoms with E-state index in [1.807, 2.05) is 19.0 Å². The summed E-state index contributed by atoms with van der Waals surface area (Å²) in [6, 6.07) is 2.79. The van der Waals surface area contributed by atoms with Crippen molar-refractivity contribution in [3.63, 3.8) is 0 Å². The summed E-state index contributed by atoms with van der Waals surface area (Å²) < 4.78 is 41.0. The van der Waals surface area contributed by atoms with Gasteiger partial charge in [-0.3, -0.25) is 0 Å². The molecule has 2 N–H and O–H groups in total. The predicted molar refractivity (Wildman–Crippen MR) is 81.0 cm³/mol. The molecule has 1 aromatic carbocycles. The van der Waals surface area contributed by atoms with E-state index < -0.39 is 15.8 Å². The van der Waals surface area contributed by atoms with Gasteiger partial charge in [0, 0.05) is 24.8 Å². The molecular formula is C14H22FN3O2S. The maximum absolute atomic E-state index is 14.2. The van der Waals surface area contributed by atoms with E-state index in [0.29, 0.717) is 13.1 Å². The molecule has 1 aliphatic rings. The van der Waals surface area contributed by atoms with E-state index in [0.717, 1.165) is 12.8 Å². The van der Waals surface area contributed by atoms with E-state index in [-0.39, 0.29) is 22.2 Å². The van der Waals surface area contributed by atoms with E-state index in [9.17, 15) is 12.8 Å². The van der Waals surface area contributed by atoms with E-state index in [4.69, 9.17) is 5.73 Å². The van der Waals surface area contributed by atoms with Crippen molar-refractivity contribution >= 4 is 15.7 Å². The number of anilines is 1. The normalized spacial score (nSPS) is 20.9. The predicted octanol–water partition coefficient (Wildman–Crippen LogP) is 1.43. The molecule has 0 amide bonds. The molecule has 5 nitrogen and oxygen atoms in total. The van der Waals surface area contributed by atoms with E-state index in [1.54, 1.807) is 0 Å². The largest absolute Gasteiger partial charge is 0.399 e. The average molecular weight is 315 g/mol. The number of nitrogens with zero attached hydrogens (tertiary/aromatic N) is 2. The van der Waals surface area contributed by atoms with Gasteiger partial charge in [-0.25, -0.2) is 12.8 Å². The minimum atomic E-state index is -3.85. The first-order valence-corrected chi connectivity index (χ1v) is 8.39. The van der Waals surface area contributed by atoms with Crippen LogP contribution in [0.2, 0.25) is 0 Å². The second-order valence-electron chi connectivity index (χ2n) is 5.77. The lowest BCUT2D eigenvalue weighted by Crippen LogP contribution is -2.47. The maximum atomic E-state index is 14.2. The van der Waals surface area contributed by atoms with Gasteiger partial charge in [-0.2, -0.15) is 4.31 Å². The van der Waals surface area contributed by atoms with E-state index in [1.165, 1.54) is 23.4 Å². The standard InChI is InChI=1S/C14H22FN3O2S/c1-10-7-11(16)8-13(14(10)15)21(19,20)18-6-4-5-12(9-18)17(2)3/h7-8,12H,4-6,9,16H2,1-3H3. The van der Waals surface area contributed by atoms with Gasteiger partial charge in [-0.05, 0) is 51.6 Å². The quantitative estimate of drug-likeness (QED) is 0.857. The number of piperidine rings is 1. The van der Waals surface area contributed by atoms with Crippen LogP contribution < -0.4 is 5.73 Å². The summed E-state index contributed by atoms with van der Waals surface area (Å²) >= 11 is 0. The van der Waals surface area contributed by atoms with Gasteiger partial charge in [0.05, 0.1) is 0 Å². The van der Waals surface area contributed by atoms with Crippen LogP contribution in [0, 0.1) is 12.7 Å². The highest BCUT2D eigenvalue weighted by molar-refractivity contribution is 7.89. The fraction of sp³-hybridized carbons (Fsp3) is 0.571. The van der Waals surface area contributed by atoms with Crippen LogP contribution in [0.3, 0.4) is 0 Å². The number of hydrogen-bond donors (Lipinski definition) is 1. The number of halogens is 1. The molecule has 1 unspecified atom stereocenters. The number of nitrogens with two attached hydrogens (primary N) is 1. The molecule has 1 atom stereocenters. The van der Waals surface area contributed by atoms with E-state index >= 15 is 0 Å². The zero-order valence-electron chi connectivity index (χ0n) is 12.6. The van der Waals surface area contributed by atoms with Gasteiger partial charge in [0.25, 0.3) is 0 Å². The van der Waals surface area contributed by atoms with Gasteiger partial charge in [0.15, 0.2) is 0 Å². The van der Waals surface area contributed by atoms with Gasteiger partial charge < -0.3 is 10.6 Å². The van der Waals surface area contributed by atoms with Crippen LogP contribution in [0.5, 0.6) is 0 Å². The van der Waals surface area contributed by atoms with Gasteiger partial charge in [-0.15, -0.1) is 0 Å². The Hall–Kier alpha value is -1.18. The monoisotopic (exact) mass is 315 g/mol. The Bertz CT molecular complexity index is 631. The Labute approximate surface area is 125 Å². The van der Waals surface area contributed by atoms with Gasteiger partial charge in [0.1, 0.15) is 10.7 Å². The van der Waals surface area contributed by atoms with E-state index in [2.05, 4.69) is 0 Å². The Morgan fingerprint density at radius 1 is 1.38 bits per heavy atom. The molecule has 0 spiro atoms. The molecule has 1 fully saturated rings. The fourth-order valence-electron chi connectivity index (χ4n) is 2.65. The topological polar surface area (TPSA) is 66.6 Å². The first kappa shape index (κ1) is 16.2. The highest BCUT2D eigenvalue weighted by atomic mass is 32.2. The molecule has 1 saturated heterocycles. The van der Waals surface area contributed by atoms with Crippen molar-refractivity contribution in [1.82, 2.24) is 9.21 Å². The molecule has 21 heavy (non-hydrogen) atoms. The Morgan fingerprint density at radius 3 is 2.67 bits per heavy atom. The fourth-order valence-corrected chi connectivity index (χ4v) is 4.34. The summed E-state index contributed by atoms with van der Waals surface area (Å²) in [5.74, 6) is -0.712. The van der Waals surface area contributed by atoms with Crippen molar-refractivity contribution in [1.29, 1.82) is 0 Å². The molecule has 1 heterocycles. The molecule has 1 aromatic rings. The minimum absolute atomic E-state index is 0.152. The first-order valence-electron chi connectivity index (χ1n) is 6.95. The van der Waals surface area contributed by atoms with Gasteiger partial charge in [-0.1, -0.05) is 0 Å². The molecule has 118 valence electrons. The SMILES string of the molecule is Cc1cc(N)cc(S(=O)(=O)N2CCCC(N(C)C)C2)c1F. The third-order valence-electron chi connectivity index (χ3n) is 3.95. The van der Waals surface area contributed by atoms with Crippen LogP contribution >= 0.6 is 0 Å². The van der Waals surface area contributed by atoms with Crippen molar-refractivity contribution in [3.05, 3.63) is 23.5 Å².